The van der Waals surface area contributed by atoms with E-state index in [4.69, 9.17) is 5.73 Å². The zero-order valence-electron chi connectivity index (χ0n) is 12.0. The Morgan fingerprint density at radius 3 is 2.63 bits per heavy atom. The van der Waals surface area contributed by atoms with E-state index in [1.807, 2.05) is 0 Å². The smallest absolute Gasteiger partial charge is 0.0210 e. The summed E-state index contributed by atoms with van der Waals surface area (Å²) in [6.45, 7) is 2.19. The highest BCUT2D eigenvalue weighted by Crippen LogP contribution is 2.66. The Morgan fingerprint density at radius 1 is 1.32 bits per heavy atom. The highest BCUT2D eigenvalue weighted by molar-refractivity contribution is 5.25. The van der Waals surface area contributed by atoms with Crippen molar-refractivity contribution in [2.45, 2.75) is 63.3 Å². The van der Waals surface area contributed by atoms with Gasteiger partial charge in [0.2, 0.25) is 0 Å². The highest BCUT2D eigenvalue weighted by Gasteiger charge is 2.58. The van der Waals surface area contributed by atoms with E-state index in [9.17, 15) is 0 Å². The molecule has 3 atom stereocenters. The molecular weight excluding hydrogens is 232 g/mol. The molecule has 4 aliphatic rings. The minimum Gasteiger partial charge on any atom is -0.365 e. The molecule has 3 unspecified atom stereocenters. The van der Waals surface area contributed by atoms with Gasteiger partial charge in [-0.2, -0.15) is 0 Å². The third-order valence-electron chi connectivity index (χ3n) is 6.11. The van der Waals surface area contributed by atoms with Crippen LogP contribution in [0.15, 0.2) is 18.3 Å². The Kier molecular flexibility index (Phi) is 2.45. The number of rotatable bonds is 3. The predicted octanol–water partition coefficient (Wildman–Crippen LogP) is 3.59. The molecule has 0 aromatic carbocycles. The molecule has 0 amide bonds. The van der Waals surface area contributed by atoms with Crippen molar-refractivity contribution in [1.29, 1.82) is 0 Å². The van der Waals surface area contributed by atoms with Gasteiger partial charge in [0, 0.05) is 23.3 Å². The van der Waals surface area contributed by atoms with Gasteiger partial charge in [0.25, 0.3) is 0 Å². The second-order valence-electron chi connectivity index (χ2n) is 8.01. The van der Waals surface area contributed by atoms with E-state index in [1.165, 1.54) is 50.6 Å². The molecule has 0 spiro atoms. The third kappa shape index (κ3) is 1.79. The van der Waals surface area contributed by atoms with Crippen molar-refractivity contribution < 1.29 is 0 Å². The second-order valence-corrected chi connectivity index (χ2v) is 8.01. The summed E-state index contributed by atoms with van der Waals surface area (Å²) in [5.74, 6) is 1.92. The van der Waals surface area contributed by atoms with Crippen LogP contribution in [0.25, 0.3) is 0 Å². The molecule has 4 saturated carbocycles. The molecule has 1 aromatic rings. The molecular formula is C17H26N2. The molecule has 2 nitrogen and oxygen atoms in total. The molecule has 0 aliphatic heterocycles. The van der Waals surface area contributed by atoms with Crippen molar-refractivity contribution in [2.75, 3.05) is 0 Å². The standard InChI is InChI=1S/C17H26N2/c1-12(18)6-16-7-13-5-14(8-16)10-17(9-13,11-16)15-3-2-4-19-15/h2-4,12-14,19H,5-11,18H2,1H3. The van der Waals surface area contributed by atoms with Crippen molar-refractivity contribution in [1.82, 2.24) is 4.98 Å². The van der Waals surface area contributed by atoms with Crippen LogP contribution >= 0.6 is 0 Å². The lowest BCUT2D eigenvalue weighted by molar-refractivity contribution is -0.0795. The lowest BCUT2D eigenvalue weighted by Gasteiger charge is -2.62. The van der Waals surface area contributed by atoms with Crippen molar-refractivity contribution >= 4 is 0 Å². The van der Waals surface area contributed by atoms with Gasteiger partial charge in [-0.3, -0.25) is 0 Å². The van der Waals surface area contributed by atoms with Gasteiger partial charge in [-0.15, -0.1) is 0 Å². The van der Waals surface area contributed by atoms with Crippen LogP contribution in [-0.2, 0) is 5.41 Å². The van der Waals surface area contributed by atoms with Gasteiger partial charge >= 0.3 is 0 Å². The maximum Gasteiger partial charge on any atom is 0.0210 e. The fourth-order valence-electron chi connectivity index (χ4n) is 6.35. The SMILES string of the molecule is CC(N)CC12CC3CC(C1)CC(c1ccc[nH]1)(C3)C2. The van der Waals surface area contributed by atoms with Gasteiger partial charge in [-0.25, -0.2) is 0 Å². The third-order valence-corrected chi connectivity index (χ3v) is 6.11. The largest absolute Gasteiger partial charge is 0.365 e. The van der Waals surface area contributed by atoms with Crippen LogP contribution in [0.2, 0.25) is 0 Å². The Balaban J connectivity index is 1.72. The quantitative estimate of drug-likeness (QED) is 0.854. The van der Waals surface area contributed by atoms with Gasteiger partial charge < -0.3 is 10.7 Å². The number of nitrogens with one attached hydrogen (secondary N) is 1. The van der Waals surface area contributed by atoms with E-state index >= 15 is 0 Å². The highest BCUT2D eigenvalue weighted by atomic mass is 14.8. The first-order valence-electron chi connectivity index (χ1n) is 7.99. The van der Waals surface area contributed by atoms with Gasteiger partial charge in [0.1, 0.15) is 0 Å². The summed E-state index contributed by atoms with van der Waals surface area (Å²) in [5, 5.41) is 0. The van der Waals surface area contributed by atoms with Gasteiger partial charge in [-0.05, 0) is 81.3 Å². The number of aromatic amines is 1. The van der Waals surface area contributed by atoms with Crippen LogP contribution in [0.3, 0.4) is 0 Å². The Morgan fingerprint density at radius 2 is 2.05 bits per heavy atom. The number of hydrogen-bond donors (Lipinski definition) is 2. The zero-order chi connectivity index (χ0) is 13.1. The lowest BCUT2D eigenvalue weighted by Crippen LogP contribution is -2.55. The Labute approximate surface area is 116 Å². The average molecular weight is 258 g/mol. The summed E-state index contributed by atoms with van der Waals surface area (Å²) in [7, 11) is 0. The molecule has 5 rings (SSSR count). The van der Waals surface area contributed by atoms with E-state index in [-0.39, 0.29) is 0 Å². The van der Waals surface area contributed by atoms with E-state index in [2.05, 4.69) is 30.2 Å². The van der Waals surface area contributed by atoms with E-state index in [0.717, 1.165) is 11.8 Å². The topological polar surface area (TPSA) is 41.8 Å². The van der Waals surface area contributed by atoms with Gasteiger partial charge in [0.05, 0.1) is 0 Å². The monoisotopic (exact) mass is 258 g/mol. The summed E-state index contributed by atoms with van der Waals surface area (Å²) in [6.07, 6.45) is 12.0. The maximum atomic E-state index is 6.17. The van der Waals surface area contributed by atoms with Crippen molar-refractivity contribution in [3.8, 4) is 0 Å². The Bertz CT molecular complexity index is 440. The van der Waals surface area contributed by atoms with E-state index in [0.29, 0.717) is 16.9 Å². The lowest BCUT2D eigenvalue weighted by atomic mass is 9.42. The molecule has 19 heavy (non-hydrogen) atoms. The van der Waals surface area contributed by atoms with Crippen LogP contribution < -0.4 is 5.73 Å². The minimum atomic E-state index is 0.358. The molecule has 1 aromatic heterocycles. The maximum absolute atomic E-state index is 6.17. The average Bonchev–Trinajstić information content (AvgIpc) is 2.78. The van der Waals surface area contributed by atoms with E-state index in [1.54, 1.807) is 0 Å². The second kappa shape index (κ2) is 3.88. The van der Waals surface area contributed by atoms with Crippen LogP contribution in [0, 0.1) is 17.3 Å². The van der Waals surface area contributed by atoms with Crippen LogP contribution in [0.1, 0.15) is 57.6 Å². The number of nitrogens with two attached hydrogens (primary N) is 1. The molecule has 3 N–H and O–H groups in total. The summed E-state index contributed by atoms with van der Waals surface area (Å²) in [5.41, 5.74) is 8.70. The predicted molar refractivity (Wildman–Crippen MR) is 77.9 cm³/mol. The zero-order valence-corrected chi connectivity index (χ0v) is 12.0. The minimum absolute atomic E-state index is 0.358. The molecule has 4 bridgehead atoms. The van der Waals surface area contributed by atoms with Crippen LogP contribution in [0.5, 0.6) is 0 Å². The summed E-state index contributed by atoms with van der Waals surface area (Å²) >= 11 is 0. The summed E-state index contributed by atoms with van der Waals surface area (Å²) < 4.78 is 0. The fourth-order valence-corrected chi connectivity index (χ4v) is 6.35. The van der Waals surface area contributed by atoms with Crippen molar-refractivity contribution in [2.24, 2.45) is 23.0 Å². The summed E-state index contributed by atoms with van der Waals surface area (Å²) in [6, 6.07) is 4.86. The number of aromatic nitrogens is 1. The first-order valence-corrected chi connectivity index (χ1v) is 7.99. The van der Waals surface area contributed by atoms with Gasteiger partial charge in [-0.1, -0.05) is 0 Å². The molecule has 4 aliphatic carbocycles. The molecule has 2 heteroatoms. The van der Waals surface area contributed by atoms with Crippen LogP contribution in [-0.4, -0.2) is 11.0 Å². The molecule has 4 fully saturated rings. The molecule has 0 radical (unpaired) electrons. The first-order chi connectivity index (χ1) is 9.09. The van der Waals surface area contributed by atoms with Crippen LogP contribution in [0.4, 0.5) is 0 Å². The number of H-pyrrole nitrogens is 1. The molecule has 104 valence electrons. The Hall–Kier alpha value is -0.760. The van der Waals surface area contributed by atoms with Crippen molar-refractivity contribution in [3.05, 3.63) is 24.0 Å². The molecule has 0 saturated heterocycles. The molecule has 1 heterocycles. The van der Waals surface area contributed by atoms with Gasteiger partial charge in [0.15, 0.2) is 0 Å². The fraction of sp³-hybridized carbons (Fsp3) is 0.765. The van der Waals surface area contributed by atoms with Crippen molar-refractivity contribution in [3.63, 3.8) is 0 Å². The first kappa shape index (κ1) is 12.0. The normalized spacial score (nSPS) is 45.6. The number of hydrogen-bond acceptors (Lipinski definition) is 1. The van der Waals surface area contributed by atoms with E-state index < -0.39 is 0 Å². The summed E-state index contributed by atoms with van der Waals surface area (Å²) in [4.78, 5) is 3.53.